The first-order chi connectivity index (χ1) is 12.8. The van der Waals surface area contributed by atoms with E-state index in [1.165, 1.54) is 11.6 Å². The number of carbonyl (C=O) groups is 2. The zero-order valence-corrected chi connectivity index (χ0v) is 16.1. The average Bonchev–Trinajstić information content (AvgIpc) is 2.64. The number of nitrogens with one attached hydrogen (secondary N) is 1. The standard InChI is InChI=1S/C22H25NO4/c1-22(2,3)17-10-12-18(13-11-17)23-20(24)15-27-21(25)14-9-16-7-5-6-8-19(16)26-4/h5-14H,15H2,1-4H3,(H,23,24)/b14-9+. The van der Waals surface area contributed by atoms with Gasteiger partial charge in [0, 0.05) is 17.3 Å². The normalized spacial score (nSPS) is 11.3. The fraction of sp³-hybridized carbons (Fsp3) is 0.273. The smallest absolute Gasteiger partial charge is 0.331 e. The topological polar surface area (TPSA) is 64.6 Å². The van der Waals surface area contributed by atoms with E-state index in [4.69, 9.17) is 9.47 Å². The first-order valence-corrected chi connectivity index (χ1v) is 8.68. The molecule has 0 aliphatic carbocycles. The van der Waals surface area contributed by atoms with E-state index < -0.39 is 11.9 Å². The Labute approximate surface area is 160 Å². The van der Waals surface area contributed by atoms with E-state index in [2.05, 4.69) is 26.1 Å². The molecule has 0 radical (unpaired) electrons. The predicted molar refractivity (Wildman–Crippen MR) is 107 cm³/mol. The van der Waals surface area contributed by atoms with Gasteiger partial charge in [0.1, 0.15) is 5.75 Å². The molecule has 2 aromatic carbocycles. The summed E-state index contributed by atoms with van der Waals surface area (Å²) >= 11 is 0. The Balaban J connectivity index is 1.84. The Morgan fingerprint density at radius 3 is 2.33 bits per heavy atom. The Morgan fingerprint density at radius 1 is 1.04 bits per heavy atom. The summed E-state index contributed by atoms with van der Waals surface area (Å²) < 4.78 is 10.2. The second kappa shape index (κ2) is 9.03. The van der Waals surface area contributed by atoms with Crippen molar-refractivity contribution in [3.63, 3.8) is 0 Å². The highest BCUT2D eigenvalue weighted by Crippen LogP contribution is 2.23. The Kier molecular flexibility index (Phi) is 6.77. The summed E-state index contributed by atoms with van der Waals surface area (Å²) in [7, 11) is 1.56. The van der Waals surface area contributed by atoms with Crippen molar-refractivity contribution in [2.75, 3.05) is 19.0 Å². The highest BCUT2D eigenvalue weighted by atomic mass is 16.5. The lowest BCUT2D eigenvalue weighted by Gasteiger charge is -2.19. The molecular weight excluding hydrogens is 342 g/mol. The van der Waals surface area contributed by atoms with Crippen LogP contribution in [0, 0.1) is 0 Å². The van der Waals surface area contributed by atoms with Gasteiger partial charge < -0.3 is 14.8 Å². The molecule has 0 aromatic heterocycles. The van der Waals surface area contributed by atoms with Crippen LogP contribution in [-0.2, 0) is 19.7 Å². The zero-order chi connectivity index (χ0) is 19.9. The lowest BCUT2D eigenvalue weighted by Crippen LogP contribution is -2.20. The summed E-state index contributed by atoms with van der Waals surface area (Å²) in [6.45, 7) is 6.02. The van der Waals surface area contributed by atoms with E-state index >= 15 is 0 Å². The molecule has 1 N–H and O–H groups in total. The third-order valence-corrected chi connectivity index (χ3v) is 3.92. The van der Waals surface area contributed by atoms with Gasteiger partial charge in [0.25, 0.3) is 5.91 Å². The fourth-order valence-electron chi connectivity index (χ4n) is 2.40. The quantitative estimate of drug-likeness (QED) is 0.614. The van der Waals surface area contributed by atoms with Crippen LogP contribution in [-0.4, -0.2) is 25.6 Å². The molecule has 0 fully saturated rings. The summed E-state index contributed by atoms with van der Waals surface area (Å²) in [5.74, 6) is -0.338. The van der Waals surface area contributed by atoms with Gasteiger partial charge in [0.2, 0.25) is 0 Å². The van der Waals surface area contributed by atoms with Crippen molar-refractivity contribution in [2.45, 2.75) is 26.2 Å². The van der Waals surface area contributed by atoms with Gasteiger partial charge in [-0.3, -0.25) is 4.79 Å². The molecule has 0 aliphatic rings. The maximum absolute atomic E-state index is 11.9. The van der Waals surface area contributed by atoms with Crippen LogP contribution in [0.3, 0.4) is 0 Å². The summed E-state index contributed by atoms with van der Waals surface area (Å²) in [4.78, 5) is 23.7. The van der Waals surface area contributed by atoms with Gasteiger partial charge in [-0.2, -0.15) is 0 Å². The molecule has 0 bridgehead atoms. The number of ether oxygens (including phenoxy) is 2. The van der Waals surface area contributed by atoms with Gasteiger partial charge in [0.05, 0.1) is 7.11 Å². The maximum atomic E-state index is 11.9. The number of rotatable bonds is 6. The van der Waals surface area contributed by atoms with Gasteiger partial charge >= 0.3 is 5.97 Å². The Morgan fingerprint density at radius 2 is 1.70 bits per heavy atom. The highest BCUT2D eigenvalue weighted by molar-refractivity contribution is 5.94. The number of esters is 1. The Bertz CT molecular complexity index is 817. The van der Waals surface area contributed by atoms with Gasteiger partial charge in [0.15, 0.2) is 6.61 Å². The summed E-state index contributed by atoms with van der Waals surface area (Å²) in [5.41, 5.74) is 2.63. The first-order valence-electron chi connectivity index (χ1n) is 8.68. The number of carbonyl (C=O) groups excluding carboxylic acids is 2. The lowest BCUT2D eigenvalue weighted by atomic mass is 9.87. The molecule has 2 rings (SSSR count). The van der Waals surface area contributed by atoms with Crippen molar-refractivity contribution in [1.82, 2.24) is 0 Å². The highest BCUT2D eigenvalue weighted by Gasteiger charge is 2.13. The van der Waals surface area contributed by atoms with Crippen LogP contribution in [0.5, 0.6) is 5.75 Å². The maximum Gasteiger partial charge on any atom is 0.331 e. The molecular formula is C22H25NO4. The molecule has 27 heavy (non-hydrogen) atoms. The predicted octanol–water partition coefficient (Wildman–Crippen LogP) is 4.19. The molecule has 0 atom stereocenters. The Hall–Kier alpha value is -3.08. The minimum Gasteiger partial charge on any atom is -0.496 e. The van der Waals surface area contributed by atoms with E-state index in [9.17, 15) is 9.59 Å². The lowest BCUT2D eigenvalue weighted by molar-refractivity contribution is -0.142. The fourth-order valence-corrected chi connectivity index (χ4v) is 2.40. The average molecular weight is 367 g/mol. The van der Waals surface area contributed by atoms with Crippen molar-refractivity contribution in [3.05, 3.63) is 65.7 Å². The van der Waals surface area contributed by atoms with Gasteiger partial charge in [-0.15, -0.1) is 0 Å². The monoisotopic (exact) mass is 367 g/mol. The van der Waals surface area contributed by atoms with Crippen LogP contribution in [0.1, 0.15) is 31.9 Å². The van der Waals surface area contributed by atoms with E-state index in [0.29, 0.717) is 11.4 Å². The second-order valence-corrected chi connectivity index (χ2v) is 7.06. The molecule has 142 valence electrons. The van der Waals surface area contributed by atoms with Crippen LogP contribution in [0.15, 0.2) is 54.6 Å². The van der Waals surface area contributed by atoms with Crippen molar-refractivity contribution < 1.29 is 19.1 Å². The third kappa shape index (κ3) is 6.29. The van der Waals surface area contributed by atoms with Crippen LogP contribution < -0.4 is 10.1 Å². The summed E-state index contributed by atoms with van der Waals surface area (Å²) in [6, 6.07) is 14.9. The van der Waals surface area contributed by atoms with Gasteiger partial charge in [-0.1, -0.05) is 51.1 Å². The molecule has 0 spiro atoms. The first kappa shape index (κ1) is 20.2. The number of hydrogen-bond acceptors (Lipinski definition) is 4. The number of hydrogen-bond donors (Lipinski definition) is 1. The van der Waals surface area contributed by atoms with Crippen molar-refractivity contribution in [1.29, 1.82) is 0 Å². The van der Waals surface area contributed by atoms with E-state index in [1.54, 1.807) is 19.3 Å². The largest absolute Gasteiger partial charge is 0.496 e. The second-order valence-electron chi connectivity index (χ2n) is 7.06. The molecule has 0 unspecified atom stereocenters. The summed E-state index contributed by atoms with van der Waals surface area (Å²) in [5, 5.41) is 2.71. The molecule has 1 amide bonds. The van der Waals surface area contributed by atoms with Crippen LogP contribution in [0.25, 0.3) is 6.08 Å². The molecule has 0 heterocycles. The molecule has 5 nitrogen and oxygen atoms in total. The molecule has 0 saturated heterocycles. The minimum atomic E-state index is -0.598. The number of anilines is 1. The number of amides is 1. The molecule has 5 heteroatoms. The van der Waals surface area contributed by atoms with Crippen molar-refractivity contribution in [3.8, 4) is 5.75 Å². The number of para-hydroxylation sites is 1. The van der Waals surface area contributed by atoms with Crippen LogP contribution >= 0.6 is 0 Å². The van der Waals surface area contributed by atoms with E-state index in [0.717, 1.165) is 5.56 Å². The number of methoxy groups -OCH3 is 1. The van der Waals surface area contributed by atoms with Crippen LogP contribution in [0.2, 0.25) is 0 Å². The van der Waals surface area contributed by atoms with E-state index in [-0.39, 0.29) is 12.0 Å². The molecule has 0 aliphatic heterocycles. The van der Waals surface area contributed by atoms with Crippen LogP contribution in [0.4, 0.5) is 5.69 Å². The number of benzene rings is 2. The zero-order valence-electron chi connectivity index (χ0n) is 16.1. The SMILES string of the molecule is COc1ccccc1/C=C/C(=O)OCC(=O)Nc1ccc(C(C)(C)C)cc1. The van der Waals surface area contributed by atoms with Crippen molar-refractivity contribution in [2.24, 2.45) is 0 Å². The van der Waals surface area contributed by atoms with Gasteiger partial charge in [-0.25, -0.2) is 4.79 Å². The van der Waals surface area contributed by atoms with Gasteiger partial charge in [-0.05, 0) is 35.3 Å². The van der Waals surface area contributed by atoms with E-state index in [1.807, 2.05) is 42.5 Å². The summed E-state index contributed by atoms with van der Waals surface area (Å²) in [6.07, 6.45) is 2.85. The third-order valence-electron chi connectivity index (χ3n) is 3.92. The van der Waals surface area contributed by atoms with Crippen molar-refractivity contribution >= 4 is 23.6 Å². The minimum absolute atomic E-state index is 0.0475. The molecule has 2 aromatic rings. The molecule has 0 saturated carbocycles.